The Bertz CT molecular complexity index is 1160. The van der Waals surface area contributed by atoms with Crippen LogP contribution in [0.4, 0.5) is 9.18 Å². The summed E-state index contributed by atoms with van der Waals surface area (Å²) in [6.45, 7) is 8.86. The van der Waals surface area contributed by atoms with Crippen LogP contribution in [0.15, 0.2) is 48.5 Å². The Labute approximate surface area is 209 Å². The Morgan fingerprint density at radius 1 is 0.972 bits per heavy atom. The normalized spacial score (nSPS) is 17.4. The molecule has 0 spiro atoms. The highest BCUT2D eigenvalue weighted by Crippen LogP contribution is 2.34. The highest BCUT2D eigenvalue weighted by atomic mass is 19.1. The molecule has 192 valence electrons. The van der Waals surface area contributed by atoms with Crippen molar-refractivity contribution in [2.24, 2.45) is 5.41 Å². The van der Waals surface area contributed by atoms with Gasteiger partial charge in [-0.15, -0.1) is 0 Å². The average molecular weight is 500 g/mol. The van der Waals surface area contributed by atoms with Gasteiger partial charge in [-0.1, -0.05) is 36.4 Å². The van der Waals surface area contributed by atoms with E-state index in [2.05, 4.69) is 5.32 Å². The number of carbonyl (C=O) groups excluding carboxylic acids is 4. The molecule has 1 fully saturated rings. The number of carbonyl (C=O) groups is 4. The van der Waals surface area contributed by atoms with Crippen molar-refractivity contribution >= 4 is 23.8 Å². The van der Waals surface area contributed by atoms with Crippen molar-refractivity contribution in [1.82, 2.24) is 5.32 Å². The average Bonchev–Trinajstić information content (AvgIpc) is 2.75. The van der Waals surface area contributed by atoms with Crippen molar-refractivity contribution in [2.75, 3.05) is 0 Å². The number of Topliss-reactive ketones (excluding diaryl/α,β-unsaturated/α-hetero) is 1. The summed E-state index contributed by atoms with van der Waals surface area (Å²) in [5.41, 5.74) is -1.10. The molecule has 8 nitrogen and oxygen atoms in total. The predicted octanol–water partition coefficient (Wildman–Crippen LogP) is 4.34. The fourth-order valence-electron chi connectivity index (χ4n) is 3.70. The number of amides is 1. The number of halogens is 1. The largest absolute Gasteiger partial charge is 0.444 e. The van der Waals surface area contributed by atoms with Crippen molar-refractivity contribution < 1.29 is 37.8 Å². The quantitative estimate of drug-likeness (QED) is 0.465. The summed E-state index contributed by atoms with van der Waals surface area (Å²) in [5.74, 6) is -4.91. The molecule has 9 heteroatoms. The third-order valence-electron chi connectivity index (χ3n) is 5.55. The minimum absolute atomic E-state index is 0.0545. The molecular weight excluding hydrogens is 469 g/mol. The number of cyclic esters (lactones) is 2. The van der Waals surface area contributed by atoms with Crippen LogP contribution in [0.5, 0.6) is 0 Å². The van der Waals surface area contributed by atoms with Gasteiger partial charge >= 0.3 is 18.0 Å². The zero-order valence-corrected chi connectivity index (χ0v) is 21.1. The minimum Gasteiger partial charge on any atom is -0.444 e. The number of rotatable bonds is 6. The lowest BCUT2D eigenvalue weighted by molar-refractivity contribution is -0.247. The molecule has 3 rings (SSSR count). The van der Waals surface area contributed by atoms with Crippen LogP contribution in [0.1, 0.15) is 47.1 Å². The van der Waals surface area contributed by atoms with Crippen molar-refractivity contribution in [3.05, 3.63) is 59.9 Å². The second-order valence-corrected chi connectivity index (χ2v) is 10.3. The van der Waals surface area contributed by atoms with E-state index in [9.17, 15) is 23.6 Å². The van der Waals surface area contributed by atoms with Crippen LogP contribution < -0.4 is 5.32 Å². The third kappa shape index (κ3) is 6.08. The Morgan fingerprint density at radius 2 is 1.56 bits per heavy atom. The van der Waals surface area contributed by atoms with Crippen LogP contribution >= 0.6 is 0 Å². The maximum Gasteiger partial charge on any atom is 0.408 e. The zero-order chi connectivity index (χ0) is 26.9. The second kappa shape index (κ2) is 9.72. The molecule has 1 aliphatic rings. The van der Waals surface area contributed by atoms with E-state index in [0.717, 1.165) is 12.5 Å². The smallest absolute Gasteiger partial charge is 0.408 e. The molecule has 0 aliphatic carbocycles. The van der Waals surface area contributed by atoms with E-state index in [-0.39, 0.29) is 12.2 Å². The number of nitrogens with one attached hydrogen (secondary N) is 1. The second-order valence-electron chi connectivity index (χ2n) is 10.3. The maximum atomic E-state index is 13.6. The summed E-state index contributed by atoms with van der Waals surface area (Å²) in [7, 11) is 0. The number of esters is 2. The van der Waals surface area contributed by atoms with Gasteiger partial charge in [0.05, 0.1) is 6.04 Å². The molecule has 0 radical (unpaired) electrons. The van der Waals surface area contributed by atoms with Crippen LogP contribution in [0.3, 0.4) is 0 Å². The monoisotopic (exact) mass is 499 g/mol. The van der Waals surface area contributed by atoms with Gasteiger partial charge in [-0.2, -0.15) is 0 Å². The predicted molar refractivity (Wildman–Crippen MR) is 128 cm³/mol. The van der Waals surface area contributed by atoms with Crippen molar-refractivity contribution in [2.45, 2.75) is 65.4 Å². The van der Waals surface area contributed by atoms with Gasteiger partial charge in [-0.05, 0) is 62.9 Å². The van der Waals surface area contributed by atoms with E-state index in [4.69, 9.17) is 14.2 Å². The van der Waals surface area contributed by atoms with E-state index in [1.165, 1.54) is 26.0 Å². The first kappa shape index (κ1) is 26.8. The first-order valence-corrected chi connectivity index (χ1v) is 11.5. The van der Waals surface area contributed by atoms with Crippen molar-refractivity contribution in [3.63, 3.8) is 0 Å². The topological polar surface area (TPSA) is 108 Å². The summed E-state index contributed by atoms with van der Waals surface area (Å²) in [5, 5.41) is 2.48. The van der Waals surface area contributed by atoms with Crippen LogP contribution in [-0.4, -0.2) is 41.2 Å². The maximum absolute atomic E-state index is 13.6. The molecule has 0 aromatic heterocycles. The van der Waals surface area contributed by atoms with Crippen molar-refractivity contribution in [3.8, 4) is 11.1 Å². The lowest BCUT2D eigenvalue weighted by atomic mass is 9.79. The van der Waals surface area contributed by atoms with Gasteiger partial charge in [-0.25, -0.2) is 9.18 Å². The van der Waals surface area contributed by atoms with Crippen LogP contribution in [0.2, 0.25) is 0 Å². The number of hydrogen-bond acceptors (Lipinski definition) is 7. The molecule has 2 aromatic carbocycles. The van der Waals surface area contributed by atoms with E-state index in [0.29, 0.717) is 11.1 Å². The first-order chi connectivity index (χ1) is 16.6. The highest BCUT2D eigenvalue weighted by Gasteiger charge is 2.59. The van der Waals surface area contributed by atoms with Gasteiger partial charge in [0.1, 0.15) is 11.4 Å². The lowest BCUT2D eigenvalue weighted by Gasteiger charge is -2.38. The molecule has 1 amide bonds. The highest BCUT2D eigenvalue weighted by molar-refractivity contribution is 6.22. The van der Waals surface area contributed by atoms with Crippen LogP contribution in [-0.2, 0) is 35.0 Å². The molecule has 1 aliphatic heterocycles. The van der Waals surface area contributed by atoms with Gasteiger partial charge in [-0.3, -0.25) is 14.4 Å². The Morgan fingerprint density at radius 3 is 2.08 bits per heavy atom. The number of ketones is 1. The van der Waals surface area contributed by atoms with E-state index >= 15 is 0 Å². The number of benzene rings is 2. The molecule has 1 saturated heterocycles. The summed E-state index contributed by atoms with van der Waals surface area (Å²) < 4.78 is 29.2. The van der Waals surface area contributed by atoms with E-state index < -0.39 is 46.7 Å². The molecule has 1 N–H and O–H groups in total. The number of ether oxygens (including phenoxy) is 3. The number of alkyl carbamates (subject to hydrolysis) is 1. The SMILES string of the molecule is CC(C)(C)OC(=O)N[C@H](Cc1ccc(-c2cccc(F)c2)cc1)C(=O)C1(C)C(=O)OC(C)(C)OC1=O. The molecule has 1 atom stereocenters. The summed E-state index contributed by atoms with van der Waals surface area (Å²) in [4.78, 5) is 51.6. The fourth-order valence-corrected chi connectivity index (χ4v) is 3.70. The van der Waals surface area contributed by atoms with E-state index in [1.54, 1.807) is 57.2 Å². The molecule has 0 bridgehead atoms. The van der Waals surface area contributed by atoms with E-state index in [1.807, 2.05) is 0 Å². The van der Waals surface area contributed by atoms with Crippen molar-refractivity contribution in [1.29, 1.82) is 0 Å². The Kier molecular flexibility index (Phi) is 7.25. The minimum atomic E-state index is -2.28. The molecule has 0 saturated carbocycles. The van der Waals surface area contributed by atoms with Gasteiger partial charge < -0.3 is 19.5 Å². The third-order valence-corrected chi connectivity index (χ3v) is 5.55. The van der Waals surface area contributed by atoms with Gasteiger partial charge in [0.25, 0.3) is 5.79 Å². The number of hydrogen-bond donors (Lipinski definition) is 1. The zero-order valence-electron chi connectivity index (χ0n) is 21.1. The first-order valence-electron chi connectivity index (χ1n) is 11.5. The summed E-state index contributed by atoms with van der Waals surface area (Å²) >= 11 is 0. The molecule has 2 aromatic rings. The Balaban J connectivity index is 1.90. The molecule has 36 heavy (non-hydrogen) atoms. The van der Waals surface area contributed by atoms with Gasteiger partial charge in [0.2, 0.25) is 5.41 Å². The van der Waals surface area contributed by atoms with Gasteiger partial charge in [0.15, 0.2) is 5.78 Å². The molecular formula is C27H30FNO7. The van der Waals surface area contributed by atoms with Crippen LogP contribution in [0, 0.1) is 11.2 Å². The molecule has 0 unspecified atom stereocenters. The summed E-state index contributed by atoms with van der Waals surface area (Å²) in [6.07, 6.45) is -0.945. The lowest BCUT2D eigenvalue weighted by Crippen LogP contribution is -2.61. The molecule has 1 heterocycles. The standard InChI is InChI=1S/C27H30FNO7/c1-25(2,3)36-24(33)29-20(21(30)27(6)22(31)34-26(4,5)35-23(27)32)14-16-10-12-17(13-11-16)18-8-7-9-19(28)15-18/h7-13,15,20H,14H2,1-6H3,(H,29,33)/t20-/m1/s1. The summed E-state index contributed by atoms with van der Waals surface area (Å²) in [6, 6.07) is 11.7. The fraction of sp³-hybridized carbons (Fsp3) is 0.407. The van der Waals surface area contributed by atoms with Crippen LogP contribution in [0.25, 0.3) is 11.1 Å². The van der Waals surface area contributed by atoms with Gasteiger partial charge in [0, 0.05) is 13.8 Å². The Hall–Kier alpha value is -3.75.